The summed E-state index contributed by atoms with van der Waals surface area (Å²) in [7, 11) is 1.48. The molecule has 0 spiro atoms. The predicted molar refractivity (Wildman–Crippen MR) is 59.5 cm³/mol. The van der Waals surface area contributed by atoms with Crippen molar-refractivity contribution in [3.63, 3.8) is 0 Å². The third-order valence-corrected chi connectivity index (χ3v) is 1.53. The third kappa shape index (κ3) is 6.69. The van der Waals surface area contributed by atoms with Crippen LogP contribution in [0.3, 0.4) is 0 Å². The van der Waals surface area contributed by atoms with Crippen molar-refractivity contribution in [3.05, 3.63) is 35.9 Å². The number of methoxy groups -OCH3 is 1. The van der Waals surface area contributed by atoms with Crippen molar-refractivity contribution >= 4 is 5.97 Å². The van der Waals surface area contributed by atoms with Gasteiger partial charge in [-0.05, 0) is 5.56 Å². The summed E-state index contributed by atoms with van der Waals surface area (Å²) in [5.41, 5.74) is 0.948. The van der Waals surface area contributed by atoms with Crippen molar-refractivity contribution in [3.8, 4) is 0 Å². The number of ether oxygens (including phenoxy) is 2. The molecule has 0 N–H and O–H groups in total. The van der Waals surface area contributed by atoms with Gasteiger partial charge in [0, 0.05) is 7.11 Å². The Morgan fingerprint density at radius 1 is 1.20 bits per heavy atom. The summed E-state index contributed by atoms with van der Waals surface area (Å²) >= 11 is 0. The monoisotopic (exact) mass is 210 g/mol. The number of carbonyl (C=O) groups excluding carboxylic acids is 1. The molecule has 0 aliphatic carbocycles. The maximum absolute atomic E-state index is 11.1. The van der Waals surface area contributed by atoms with Gasteiger partial charge in [0.15, 0.2) is 6.79 Å². The van der Waals surface area contributed by atoms with Crippen molar-refractivity contribution in [1.29, 1.82) is 0 Å². The average molecular weight is 210 g/mol. The van der Waals surface area contributed by atoms with Crippen molar-refractivity contribution in [2.24, 2.45) is 0 Å². The van der Waals surface area contributed by atoms with Crippen LogP contribution in [-0.4, -0.2) is 19.9 Å². The number of hydrogen-bond acceptors (Lipinski definition) is 3. The van der Waals surface area contributed by atoms with Crippen LogP contribution < -0.4 is 0 Å². The second-order valence-electron chi connectivity index (χ2n) is 2.59. The molecule has 0 fully saturated rings. The van der Waals surface area contributed by atoms with Crippen molar-refractivity contribution < 1.29 is 14.3 Å². The van der Waals surface area contributed by atoms with Crippen LogP contribution in [0.2, 0.25) is 0 Å². The van der Waals surface area contributed by atoms with E-state index in [9.17, 15) is 4.79 Å². The van der Waals surface area contributed by atoms with Gasteiger partial charge in [-0.2, -0.15) is 0 Å². The molecule has 0 aromatic heterocycles. The molecule has 0 radical (unpaired) electrons. The highest BCUT2D eigenvalue weighted by molar-refractivity contribution is 5.72. The van der Waals surface area contributed by atoms with E-state index in [0.717, 1.165) is 5.56 Å². The first kappa shape index (κ1) is 13.7. The largest absolute Gasteiger partial charge is 0.438 e. The lowest BCUT2D eigenvalue weighted by Gasteiger charge is -2.02. The second-order valence-corrected chi connectivity index (χ2v) is 2.59. The van der Waals surface area contributed by atoms with Crippen LogP contribution in [0.25, 0.3) is 0 Å². The average Bonchev–Trinajstić information content (AvgIpc) is 2.30. The van der Waals surface area contributed by atoms with Crippen molar-refractivity contribution in [1.82, 2.24) is 0 Å². The summed E-state index contributed by atoms with van der Waals surface area (Å²) in [6.07, 6.45) is 0.296. The zero-order valence-corrected chi connectivity index (χ0v) is 9.53. The Bertz CT molecular complexity index is 257. The van der Waals surface area contributed by atoms with E-state index in [2.05, 4.69) is 4.74 Å². The molecule has 0 saturated carbocycles. The SMILES string of the molecule is CC.COCOC(=O)Cc1ccccc1. The Labute approximate surface area is 91.0 Å². The molecule has 1 aromatic rings. The molecule has 3 nitrogen and oxygen atoms in total. The van der Waals surface area contributed by atoms with E-state index in [1.807, 2.05) is 44.2 Å². The lowest BCUT2D eigenvalue weighted by molar-refractivity contribution is -0.153. The number of carbonyl (C=O) groups is 1. The van der Waals surface area contributed by atoms with Gasteiger partial charge < -0.3 is 9.47 Å². The van der Waals surface area contributed by atoms with Gasteiger partial charge >= 0.3 is 5.97 Å². The van der Waals surface area contributed by atoms with Gasteiger partial charge in [-0.3, -0.25) is 4.79 Å². The summed E-state index contributed by atoms with van der Waals surface area (Å²) in [6, 6.07) is 9.45. The Balaban J connectivity index is 0.000000921. The van der Waals surface area contributed by atoms with Gasteiger partial charge in [-0.15, -0.1) is 0 Å². The number of esters is 1. The van der Waals surface area contributed by atoms with E-state index < -0.39 is 0 Å². The maximum atomic E-state index is 11.1. The predicted octanol–water partition coefficient (Wildman–Crippen LogP) is 2.40. The molecule has 0 aliphatic heterocycles. The standard InChI is InChI=1S/C10H12O3.C2H6/c1-12-8-13-10(11)7-9-5-3-2-4-6-9;1-2/h2-6H,7-8H2,1H3;1-2H3. The molecule has 1 rings (SSSR count). The zero-order valence-electron chi connectivity index (χ0n) is 9.53. The molecule has 1 aromatic carbocycles. The minimum absolute atomic E-state index is 0.0195. The number of benzene rings is 1. The molecule has 0 atom stereocenters. The Morgan fingerprint density at radius 3 is 2.33 bits per heavy atom. The second kappa shape index (κ2) is 9.21. The molecule has 84 valence electrons. The maximum Gasteiger partial charge on any atom is 0.312 e. The molecule has 0 amide bonds. The van der Waals surface area contributed by atoms with Crippen LogP contribution in [0.15, 0.2) is 30.3 Å². The highest BCUT2D eigenvalue weighted by atomic mass is 16.7. The van der Waals surface area contributed by atoms with Crippen molar-refractivity contribution in [2.75, 3.05) is 13.9 Å². The van der Waals surface area contributed by atoms with Crippen LogP contribution in [0.5, 0.6) is 0 Å². The zero-order chi connectivity index (χ0) is 11.5. The lowest BCUT2D eigenvalue weighted by Crippen LogP contribution is -2.09. The molecule has 0 saturated heterocycles. The highest BCUT2D eigenvalue weighted by Gasteiger charge is 2.02. The van der Waals surface area contributed by atoms with E-state index in [0.29, 0.717) is 6.42 Å². The molecule has 0 heterocycles. The van der Waals surface area contributed by atoms with Gasteiger partial charge in [-0.1, -0.05) is 44.2 Å². The molecule has 3 heteroatoms. The highest BCUT2D eigenvalue weighted by Crippen LogP contribution is 2.00. The topological polar surface area (TPSA) is 35.5 Å². The molecule has 15 heavy (non-hydrogen) atoms. The number of rotatable bonds is 4. The summed E-state index contributed by atoms with van der Waals surface area (Å²) < 4.78 is 9.34. The Kier molecular flexibility index (Phi) is 8.39. The normalized spacial score (nSPS) is 8.73. The minimum Gasteiger partial charge on any atom is -0.438 e. The van der Waals surface area contributed by atoms with E-state index >= 15 is 0 Å². The number of hydrogen-bond donors (Lipinski definition) is 0. The van der Waals surface area contributed by atoms with Crippen molar-refractivity contribution in [2.45, 2.75) is 20.3 Å². The first-order chi connectivity index (χ1) is 7.33. The lowest BCUT2D eigenvalue weighted by atomic mass is 10.2. The summed E-state index contributed by atoms with van der Waals surface area (Å²) in [4.78, 5) is 11.1. The minimum atomic E-state index is -0.270. The van der Waals surface area contributed by atoms with E-state index in [-0.39, 0.29) is 12.8 Å². The molecule has 0 bridgehead atoms. The molecule has 0 unspecified atom stereocenters. The van der Waals surface area contributed by atoms with Crippen LogP contribution in [0, 0.1) is 0 Å². The van der Waals surface area contributed by atoms with Gasteiger partial charge in [0.25, 0.3) is 0 Å². The molecular formula is C12H18O3. The first-order valence-corrected chi connectivity index (χ1v) is 5.01. The summed E-state index contributed by atoms with van der Waals surface area (Å²) in [5.74, 6) is -0.270. The third-order valence-electron chi connectivity index (χ3n) is 1.53. The van der Waals surface area contributed by atoms with Crippen LogP contribution in [0.1, 0.15) is 19.4 Å². The fourth-order valence-corrected chi connectivity index (χ4v) is 0.938. The van der Waals surface area contributed by atoms with E-state index in [4.69, 9.17) is 4.74 Å². The first-order valence-electron chi connectivity index (χ1n) is 5.01. The van der Waals surface area contributed by atoms with Gasteiger partial charge in [-0.25, -0.2) is 0 Å². The van der Waals surface area contributed by atoms with Crippen LogP contribution in [-0.2, 0) is 20.7 Å². The van der Waals surface area contributed by atoms with E-state index in [1.54, 1.807) is 0 Å². The van der Waals surface area contributed by atoms with Crippen LogP contribution in [0.4, 0.5) is 0 Å². The Morgan fingerprint density at radius 2 is 1.80 bits per heavy atom. The Hall–Kier alpha value is -1.35. The van der Waals surface area contributed by atoms with Gasteiger partial charge in [0.1, 0.15) is 0 Å². The fraction of sp³-hybridized carbons (Fsp3) is 0.417. The fourth-order valence-electron chi connectivity index (χ4n) is 0.938. The van der Waals surface area contributed by atoms with Gasteiger partial charge in [0.2, 0.25) is 0 Å². The quantitative estimate of drug-likeness (QED) is 0.565. The van der Waals surface area contributed by atoms with Crippen LogP contribution >= 0.6 is 0 Å². The smallest absolute Gasteiger partial charge is 0.312 e. The summed E-state index contributed by atoms with van der Waals surface area (Å²) in [5, 5.41) is 0. The summed E-state index contributed by atoms with van der Waals surface area (Å²) in [6.45, 7) is 4.02. The van der Waals surface area contributed by atoms with Gasteiger partial charge in [0.05, 0.1) is 6.42 Å². The molecule has 0 aliphatic rings. The van der Waals surface area contributed by atoms with E-state index in [1.165, 1.54) is 7.11 Å². The molecular weight excluding hydrogens is 192 g/mol.